The summed E-state index contributed by atoms with van der Waals surface area (Å²) in [5, 5.41) is 9.50. The predicted molar refractivity (Wildman–Crippen MR) is 83.3 cm³/mol. The van der Waals surface area contributed by atoms with Crippen LogP contribution >= 0.6 is 23.2 Å². The van der Waals surface area contributed by atoms with Crippen molar-refractivity contribution in [2.75, 3.05) is 0 Å². The van der Waals surface area contributed by atoms with Gasteiger partial charge in [-0.15, -0.1) is 0 Å². The molecule has 0 spiro atoms. The van der Waals surface area contributed by atoms with Crippen molar-refractivity contribution >= 4 is 29.2 Å². The molecule has 22 heavy (non-hydrogen) atoms. The molecule has 6 heteroatoms. The van der Waals surface area contributed by atoms with Crippen LogP contribution in [-0.2, 0) is 4.79 Å². The molecule has 112 valence electrons. The Labute approximate surface area is 137 Å². The van der Waals surface area contributed by atoms with Gasteiger partial charge in [0.05, 0.1) is 16.7 Å². The maximum Gasteiger partial charge on any atom is 0.352 e. The molecule has 0 aromatic heterocycles. The van der Waals surface area contributed by atoms with E-state index in [1.165, 1.54) is 6.07 Å². The first-order valence-electron chi connectivity index (χ1n) is 6.33. The second-order valence-corrected chi connectivity index (χ2v) is 5.24. The van der Waals surface area contributed by atoms with E-state index < -0.39 is 12.1 Å². The molecule has 0 amide bonds. The molecule has 0 bridgehead atoms. The van der Waals surface area contributed by atoms with Gasteiger partial charge in [-0.3, -0.25) is 0 Å². The molecule has 2 rings (SSSR count). The summed E-state index contributed by atoms with van der Waals surface area (Å²) in [4.78, 5) is 12.0. The number of rotatable bonds is 4. The summed E-state index contributed by atoms with van der Waals surface area (Å²) < 4.78 is 10.6. The highest BCUT2D eigenvalue weighted by atomic mass is 35.5. The maximum absolute atomic E-state index is 12.0. The summed E-state index contributed by atoms with van der Waals surface area (Å²) in [5.74, 6) is 0.104. The van der Waals surface area contributed by atoms with Gasteiger partial charge in [0, 0.05) is 5.02 Å². The zero-order valence-electron chi connectivity index (χ0n) is 11.5. The largest absolute Gasteiger partial charge is 0.477 e. The lowest BCUT2D eigenvalue weighted by atomic mass is 10.2. The van der Waals surface area contributed by atoms with Crippen LogP contribution in [0.4, 0.5) is 0 Å². The van der Waals surface area contributed by atoms with Gasteiger partial charge in [0.2, 0.25) is 0 Å². The smallest absolute Gasteiger partial charge is 0.352 e. The van der Waals surface area contributed by atoms with Crippen molar-refractivity contribution in [2.45, 2.75) is 13.0 Å². The number of nitriles is 1. The van der Waals surface area contributed by atoms with Crippen molar-refractivity contribution in [1.29, 1.82) is 5.26 Å². The van der Waals surface area contributed by atoms with E-state index in [0.717, 1.165) is 0 Å². The minimum absolute atomic E-state index is 0.311. The van der Waals surface area contributed by atoms with E-state index >= 15 is 0 Å². The summed E-state index contributed by atoms with van der Waals surface area (Å²) in [5.41, 5.74) is 0.483. The quantitative estimate of drug-likeness (QED) is 0.619. The monoisotopic (exact) mass is 335 g/mol. The molecule has 0 aliphatic carbocycles. The molecule has 0 aliphatic heterocycles. The first-order chi connectivity index (χ1) is 10.5. The molecule has 0 saturated carbocycles. The highest BCUT2D eigenvalue weighted by Crippen LogP contribution is 2.28. The Kier molecular flexibility index (Phi) is 5.26. The van der Waals surface area contributed by atoms with Gasteiger partial charge in [-0.1, -0.05) is 23.2 Å². The number of benzene rings is 2. The number of nitrogens with zero attached hydrogens (tertiary/aromatic N) is 1. The first-order valence-corrected chi connectivity index (χ1v) is 7.09. The fraction of sp³-hybridized carbons (Fsp3) is 0.125. The number of ether oxygens (including phenoxy) is 2. The Bertz CT molecular complexity index is 723. The summed E-state index contributed by atoms with van der Waals surface area (Å²) in [6, 6.07) is 12.9. The molecule has 0 fully saturated rings. The zero-order chi connectivity index (χ0) is 16.1. The Hall–Kier alpha value is -2.22. The summed E-state index contributed by atoms with van der Waals surface area (Å²) >= 11 is 11.8. The maximum atomic E-state index is 12.0. The van der Waals surface area contributed by atoms with Crippen molar-refractivity contribution in [3.8, 4) is 17.6 Å². The van der Waals surface area contributed by atoms with Crippen LogP contribution in [0.5, 0.6) is 11.5 Å². The summed E-state index contributed by atoms with van der Waals surface area (Å²) in [7, 11) is 0. The van der Waals surface area contributed by atoms with Gasteiger partial charge in [0.1, 0.15) is 11.5 Å². The van der Waals surface area contributed by atoms with E-state index in [1.807, 2.05) is 6.07 Å². The molecule has 2 aromatic carbocycles. The van der Waals surface area contributed by atoms with E-state index in [-0.39, 0.29) is 0 Å². The van der Waals surface area contributed by atoms with Gasteiger partial charge in [-0.05, 0) is 49.4 Å². The topological polar surface area (TPSA) is 59.3 Å². The molecular formula is C16H11Cl2NO3. The molecule has 0 N–H and O–H groups in total. The number of carbonyl (C=O) groups excluding carboxylic acids is 1. The zero-order valence-corrected chi connectivity index (χ0v) is 13.1. The van der Waals surface area contributed by atoms with Crippen LogP contribution in [0, 0.1) is 11.3 Å². The molecule has 0 heterocycles. The third-order valence-corrected chi connectivity index (χ3v) is 3.26. The van der Waals surface area contributed by atoms with Crippen molar-refractivity contribution in [3.05, 3.63) is 58.1 Å². The molecule has 1 unspecified atom stereocenters. The normalized spacial score (nSPS) is 11.4. The van der Waals surface area contributed by atoms with E-state index in [4.69, 9.17) is 37.9 Å². The van der Waals surface area contributed by atoms with Gasteiger partial charge in [-0.25, -0.2) is 4.79 Å². The second-order valence-electron chi connectivity index (χ2n) is 4.39. The highest BCUT2D eigenvalue weighted by Gasteiger charge is 2.18. The Morgan fingerprint density at radius 1 is 1.18 bits per heavy atom. The van der Waals surface area contributed by atoms with Gasteiger partial charge >= 0.3 is 5.97 Å². The predicted octanol–water partition coefficient (Wildman–Crippen LogP) is 4.24. The van der Waals surface area contributed by atoms with Gasteiger partial charge in [0.15, 0.2) is 6.10 Å². The van der Waals surface area contributed by atoms with Crippen molar-refractivity contribution in [3.63, 3.8) is 0 Å². The lowest BCUT2D eigenvalue weighted by Crippen LogP contribution is -2.28. The number of hydrogen-bond acceptors (Lipinski definition) is 4. The van der Waals surface area contributed by atoms with Gasteiger partial charge in [-0.2, -0.15) is 5.26 Å². The molecule has 4 nitrogen and oxygen atoms in total. The number of halogens is 2. The van der Waals surface area contributed by atoms with Crippen LogP contribution in [-0.4, -0.2) is 12.1 Å². The van der Waals surface area contributed by atoms with Crippen molar-refractivity contribution in [2.24, 2.45) is 0 Å². The van der Waals surface area contributed by atoms with Crippen LogP contribution < -0.4 is 9.47 Å². The lowest BCUT2D eigenvalue weighted by Gasteiger charge is -2.14. The minimum Gasteiger partial charge on any atom is -0.477 e. The third kappa shape index (κ3) is 4.14. The fourth-order valence-electron chi connectivity index (χ4n) is 1.61. The van der Waals surface area contributed by atoms with Gasteiger partial charge < -0.3 is 9.47 Å². The van der Waals surface area contributed by atoms with Crippen molar-refractivity contribution in [1.82, 2.24) is 0 Å². The fourth-order valence-corrected chi connectivity index (χ4v) is 2.06. The molecule has 2 aromatic rings. The standard InChI is InChI=1S/C16H11Cl2NO3/c1-10(21-15-7-4-12(17)8-14(15)18)16(20)22-13-5-2-11(9-19)3-6-13/h2-8,10H,1H3. The Balaban J connectivity index is 2.01. The van der Waals surface area contributed by atoms with E-state index in [0.29, 0.717) is 27.1 Å². The van der Waals surface area contributed by atoms with Crippen LogP contribution in [0.3, 0.4) is 0 Å². The number of hydrogen-bond donors (Lipinski definition) is 0. The van der Waals surface area contributed by atoms with Crippen LogP contribution in [0.15, 0.2) is 42.5 Å². The number of esters is 1. The van der Waals surface area contributed by atoms with E-state index in [2.05, 4.69) is 0 Å². The van der Waals surface area contributed by atoms with Crippen LogP contribution in [0.25, 0.3) is 0 Å². The molecule has 0 radical (unpaired) electrons. The third-order valence-electron chi connectivity index (χ3n) is 2.73. The minimum atomic E-state index is -0.852. The second kappa shape index (κ2) is 7.17. The van der Waals surface area contributed by atoms with E-state index in [9.17, 15) is 4.79 Å². The SMILES string of the molecule is CC(Oc1ccc(Cl)cc1Cl)C(=O)Oc1ccc(C#N)cc1. The molecule has 0 aliphatic rings. The molecular weight excluding hydrogens is 325 g/mol. The first kappa shape index (κ1) is 16.2. The average Bonchev–Trinajstić information content (AvgIpc) is 2.50. The van der Waals surface area contributed by atoms with Crippen LogP contribution in [0.2, 0.25) is 10.0 Å². The van der Waals surface area contributed by atoms with Crippen LogP contribution in [0.1, 0.15) is 12.5 Å². The Morgan fingerprint density at radius 3 is 2.45 bits per heavy atom. The number of carbonyl (C=O) groups is 1. The summed E-state index contributed by atoms with van der Waals surface area (Å²) in [6.07, 6.45) is -0.852. The van der Waals surface area contributed by atoms with E-state index in [1.54, 1.807) is 43.3 Å². The lowest BCUT2D eigenvalue weighted by molar-refractivity contribution is -0.141. The molecule has 1 atom stereocenters. The summed E-state index contributed by atoms with van der Waals surface area (Å²) in [6.45, 7) is 1.55. The Morgan fingerprint density at radius 2 is 1.86 bits per heavy atom. The average molecular weight is 336 g/mol. The molecule has 0 saturated heterocycles. The highest BCUT2D eigenvalue weighted by molar-refractivity contribution is 6.35. The van der Waals surface area contributed by atoms with Gasteiger partial charge in [0.25, 0.3) is 0 Å². The van der Waals surface area contributed by atoms with Crippen molar-refractivity contribution < 1.29 is 14.3 Å².